The van der Waals surface area contributed by atoms with E-state index in [0.717, 1.165) is 70.0 Å². The van der Waals surface area contributed by atoms with Crippen molar-refractivity contribution in [3.63, 3.8) is 0 Å². The third kappa shape index (κ3) is 6.76. The third-order valence-corrected chi connectivity index (χ3v) is 6.47. The predicted octanol–water partition coefficient (Wildman–Crippen LogP) is 7.99. The van der Waals surface area contributed by atoms with Gasteiger partial charge >= 0.3 is 5.97 Å². The molecule has 1 aromatic heterocycles. The smallest absolute Gasteiger partial charge is 0.328 e. The van der Waals surface area contributed by atoms with E-state index in [0.29, 0.717) is 0 Å². The minimum absolute atomic E-state index is 0.745. The average Bonchev–Trinajstić information content (AvgIpc) is 3.39. The second-order valence-electron chi connectivity index (χ2n) is 9.11. The van der Waals surface area contributed by atoms with Gasteiger partial charge in [-0.15, -0.1) is 0 Å². The van der Waals surface area contributed by atoms with Crippen LogP contribution in [0.1, 0.15) is 68.2 Å². The number of carbonyl (C=O) groups is 1. The molecule has 0 radical (unpaired) electrons. The molecule has 37 heavy (non-hydrogen) atoms. The molecule has 0 saturated heterocycles. The lowest BCUT2D eigenvalue weighted by atomic mass is 9.87. The first-order valence-corrected chi connectivity index (χ1v) is 13.0. The van der Waals surface area contributed by atoms with Crippen LogP contribution in [0.5, 0.6) is 5.75 Å². The van der Waals surface area contributed by atoms with Gasteiger partial charge in [0.15, 0.2) is 0 Å². The highest BCUT2D eigenvalue weighted by Crippen LogP contribution is 2.36. The average molecular weight is 495 g/mol. The first-order valence-electron chi connectivity index (χ1n) is 13.0. The zero-order chi connectivity index (χ0) is 26.0. The SMILES string of the molecule is CCCCCCOc1ccc(C(CC)=C(c2ccc(C=CC(=O)O)cc2)c2ccc3[nH]ncc3c2)cc1. The third-order valence-electron chi connectivity index (χ3n) is 6.47. The summed E-state index contributed by atoms with van der Waals surface area (Å²) in [6.45, 7) is 5.13. The molecule has 190 valence electrons. The Balaban J connectivity index is 1.71. The standard InChI is InChI=1S/C32H34N2O3/c1-3-5-6-7-20-37-28-16-13-24(14-17-28)29(4-2)32(26-15-18-30-27(21-26)22-33-34-30)25-11-8-23(9-12-25)10-19-31(35)36/h8-19,21-22H,3-7,20H2,1-2H3,(H,33,34)(H,35,36). The lowest BCUT2D eigenvalue weighted by Gasteiger charge is -2.17. The molecule has 0 bridgehead atoms. The molecule has 4 rings (SSSR count). The molecule has 5 heteroatoms. The number of aromatic nitrogens is 2. The van der Waals surface area contributed by atoms with Gasteiger partial charge in [-0.05, 0) is 76.6 Å². The number of carboxylic acids is 1. The molecule has 0 spiro atoms. The number of fused-ring (bicyclic) bond motifs is 1. The van der Waals surface area contributed by atoms with Gasteiger partial charge in [-0.3, -0.25) is 5.10 Å². The predicted molar refractivity (Wildman–Crippen MR) is 151 cm³/mol. The number of nitrogens with zero attached hydrogens (tertiary/aromatic N) is 1. The molecule has 0 amide bonds. The Morgan fingerprint density at radius 3 is 2.35 bits per heavy atom. The maximum absolute atomic E-state index is 10.9. The molecule has 0 saturated carbocycles. The van der Waals surface area contributed by atoms with Gasteiger partial charge in [0.2, 0.25) is 0 Å². The number of allylic oxidation sites excluding steroid dienone is 1. The summed E-state index contributed by atoms with van der Waals surface area (Å²) in [5.41, 5.74) is 7.54. The zero-order valence-corrected chi connectivity index (χ0v) is 21.5. The monoisotopic (exact) mass is 494 g/mol. The van der Waals surface area contributed by atoms with Gasteiger partial charge in [-0.1, -0.05) is 75.6 Å². The van der Waals surface area contributed by atoms with Crippen LogP contribution in [0, 0.1) is 0 Å². The van der Waals surface area contributed by atoms with Crippen molar-refractivity contribution in [2.75, 3.05) is 6.61 Å². The largest absolute Gasteiger partial charge is 0.494 e. The molecule has 3 aromatic carbocycles. The number of hydrogen-bond acceptors (Lipinski definition) is 3. The highest BCUT2D eigenvalue weighted by atomic mass is 16.5. The number of nitrogens with one attached hydrogen (secondary N) is 1. The van der Waals surface area contributed by atoms with Crippen LogP contribution in [0.15, 0.2) is 79.0 Å². The molecule has 0 unspecified atom stereocenters. The number of H-pyrrole nitrogens is 1. The molecule has 0 aliphatic carbocycles. The Morgan fingerprint density at radius 2 is 1.65 bits per heavy atom. The molecule has 0 aliphatic heterocycles. The summed E-state index contributed by atoms with van der Waals surface area (Å²) < 4.78 is 5.97. The Bertz CT molecular complexity index is 1380. The Morgan fingerprint density at radius 1 is 0.919 bits per heavy atom. The van der Waals surface area contributed by atoms with Crippen LogP contribution in [0.25, 0.3) is 28.1 Å². The lowest BCUT2D eigenvalue weighted by molar-refractivity contribution is -0.131. The van der Waals surface area contributed by atoms with Gasteiger partial charge in [-0.2, -0.15) is 5.10 Å². The fourth-order valence-electron chi connectivity index (χ4n) is 4.54. The van der Waals surface area contributed by atoms with Crippen LogP contribution >= 0.6 is 0 Å². The number of aromatic amines is 1. The van der Waals surface area contributed by atoms with E-state index in [2.05, 4.69) is 78.6 Å². The van der Waals surface area contributed by atoms with Crippen molar-refractivity contribution in [1.29, 1.82) is 0 Å². The number of ether oxygens (including phenoxy) is 1. The lowest BCUT2D eigenvalue weighted by Crippen LogP contribution is -1.98. The number of hydrogen-bond donors (Lipinski definition) is 2. The van der Waals surface area contributed by atoms with Crippen LogP contribution in [0.4, 0.5) is 0 Å². The summed E-state index contributed by atoms with van der Waals surface area (Å²) in [6, 6.07) is 22.8. The van der Waals surface area contributed by atoms with E-state index in [4.69, 9.17) is 9.84 Å². The highest BCUT2D eigenvalue weighted by Gasteiger charge is 2.14. The molecule has 5 nitrogen and oxygen atoms in total. The fourth-order valence-corrected chi connectivity index (χ4v) is 4.54. The number of benzene rings is 3. The Labute approximate surface area is 218 Å². The van der Waals surface area contributed by atoms with E-state index in [-0.39, 0.29) is 0 Å². The number of rotatable bonds is 12. The minimum atomic E-state index is -0.959. The van der Waals surface area contributed by atoms with E-state index >= 15 is 0 Å². The first-order chi connectivity index (χ1) is 18.1. The van der Waals surface area contributed by atoms with Crippen molar-refractivity contribution in [2.45, 2.75) is 46.0 Å². The van der Waals surface area contributed by atoms with E-state index < -0.39 is 5.97 Å². The van der Waals surface area contributed by atoms with Crippen molar-refractivity contribution in [2.24, 2.45) is 0 Å². The second kappa shape index (κ2) is 12.7. The van der Waals surface area contributed by atoms with Gasteiger partial charge in [-0.25, -0.2) is 4.79 Å². The summed E-state index contributed by atoms with van der Waals surface area (Å²) in [6.07, 6.45) is 10.2. The molecule has 1 heterocycles. The van der Waals surface area contributed by atoms with Crippen LogP contribution in [0.2, 0.25) is 0 Å². The summed E-state index contributed by atoms with van der Waals surface area (Å²) in [5, 5.41) is 17.2. The van der Waals surface area contributed by atoms with Crippen LogP contribution in [0.3, 0.4) is 0 Å². The van der Waals surface area contributed by atoms with Crippen molar-refractivity contribution >= 4 is 34.1 Å². The van der Waals surface area contributed by atoms with E-state index in [1.165, 1.54) is 24.8 Å². The van der Waals surface area contributed by atoms with Crippen molar-refractivity contribution < 1.29 is 14.6 Å². The molecule has 2 N–H and O–H groups in total. The topological polar surface area (TPSA) is 75.2 Å². The molecule has 0 aliphatic rings. The second-order valence-corrected chi connectivity index (χ2v) is 9.11. The van der Waals surface area contributed by atoms with Gasteiger partial charge in [0.25, 0.3) is 0 Å². The molecular formula is C32H34N2O3. The molecule has 0 atom stereocenters. The summed E-state index contributed by atoms with van der Waals surface area (Å²) >= 11 is 0. The van der Waals surface area contributed by atoms with Crippen molar-refractivity contribution in [3.05, 3.63) is 101 Å². The van der Waals surface area contributed by atoms with Crippen LogP contribution in [-0.4, -0.2) is 27.9 Å². The van der Waals surface area contributed by atoms with E-state index in [1.807, 2.05) is 18.3 Å². The van der Waals surface area contributed by atoms with Gasteiger partial charge in [0.05, 0.1) is 18.3 Å². The normalized spacial score (nSPS) is 12.2. The minimum Gasteiger partial charge on any atom is -0.494 e. The van der Waals surface area contributed by atoms with Crippen molar-refractivity contribution in [3.8, 4) is 5.75 Å². The summed E-state index contributed by atoms with van der Waals surface area (Å²) in [5.74, 6) is -0.0635. The molecular weight excluding hydrogens is 460 g/mol. The van der Waals surface area contributed by atoms with E-state index in [9.17, 15) is 4.79 Å². The highest BCUT2D eigenvalue weighted by molar-refractivity contribution is 6.00. The maximum Gasteiger partial charge on any atom is 0.328 e. The molecule has 4 aromatic rings. The quantitative estimate of drug-likeness (QED) is 0.119. The number of carboxylic acid groups (broad SMARTS) is 1. The maximum atomic E-state index is 10.9. The Kier molecular flexibility index (Phi) is 8.93. The van der Waals surface area contributed by atoms with Gasteiger partial charge in [0, 0.05) is 11.5 Å². The van der Waals surface area contributed by atoms with Crippen molar-refractivity contribution in [1.82, 2.24) is 10.2 Å². The Hall–Kier alpha value is -4.12. The number of unbranched alkanes of at least 4 members (excludes halogenated alkanes) is 3. The zero-order valence-electron chi connectivity index (χ0n) is 21.5. The summed E-state index contributed by atoms with van der Waals surface area (Å²) in [7, 11) is 0. The van der Waals surface area contributed by atoms with E-state index in [1.54, 1.807) is 6.08 Å². The fraction of sp³-hybridized carbons (Fsp3) is 0.250. The van der Waals surface area contributed by atoms with Gasteiger partial charge in [0.1, 0.15) is 5.75 Å². The molecule has 0 fully saturated rings. The van der Waals surface area contributed by atoms with Crippen LogP contribution < -0.4 is 4.74 Å². The van der Waals surface area contributed by atoms with Gasteiger partial charge < -0.3 is 9.84 Å². The first kappa shape index (κ1) is 26.0. The summed E-state index contributed by atoms with van der Waals surface area (Å²) in [4.78, 5) is 10.9. The van der Waals surface area contributed by atoms with Crippen LogP contribution in [-0.2, 0) is 4.79 Å². The number of aliphatic carboxylic acids is 1.